The Balaban J connectivity index is 1.73. The Hall–Kier alpha value is -2.92. The van der Waals surface area contributed by atoms with Crippen molar-refractivity contribution in [3.63, 3.8) is 0 Å². The highest BCUT2D eigenvalue weighted by Gasteiger charge is 2.34. The Morgan fingerprint density at radius 3 is 2.35 bits per heavy atom. The maximum atomic E-state index is 13.6. The summed E-state index contributed by atoms with van der Waals surface area (Å²) in [6, 6.07) is 20.8. The van der Waals surface area contributed by atoms with Crippen molar-refractivity contribution in [2.45, 2.75) is 51.1 Å². The number of benzene rings is 2. The van der Waals surface area contributed by atoms with Gasteiger partial charge >= 0.3 is 0 Å². The minimum atomic E-state index is -0.712. The van der Waals surface area contributed by atoms with E-state index in [1.807, 2.05) is 79.0 Å². The van der Waals surface area contributed by atoms with E-state index in [0.29, 0.717) is 0 Å². The molecule has 1 aromatic heterocycles. The largest absolute Gasteiger partial charge is 0.351 e. The number of nitrogens with one attached hydrogen (secondary N) is 1. The zero-order chi connectivity index (χ0) is 21.6. The Labute approximate surface area is 187 Å². The Bertz CT molecular complexity index is 994. The molecule has 0 radical (unpaired) electrons. The average Bonchev–Trinajstić information content (AvgIpc) is 3.47. The number of amides is 2. The molecule has 0 aliphatic heterocycles. The molecule has 2 amide bonds. The maximum Gasteiger partial charge on any atom is 0.248 e. The highest BCUT2D eigenvalue weighted by Crippen LogP contribution is 2.30. The number of nitrogens with zero attached hydrogens (tertiary/aromatic N) is 1. The molecule has 1 N–H and O–H groups in total. The molecule has 0 bridgehead atoms. The van der Waals surface area contributed by atoms with Gasteiger partial charge in [-0.1, -0.05) is 66.9 Å². The van der Waals surface area contributed by atoms with E-state index >= 15 is 0 Å². The van der Waals surface area contributed by atoms with Crippen LogP contribution in [-0.4, -0.2) is 17.9 Å². The van der Waals surface area contributed by atoms with Gasteiger partial charge in [0.25, 0.3) is 0 Å². The lowest BCUT2D eigenvalue weighted by Gasteiger charge is -2.32. The lowest BCUT2D eigenvalue weighted by molar-refractivity contribution is -0.127. The van der Waals surface area contributed by atoms with E-state index in [9.17, 15) is 9.59 Å². The molecular weight excluding hydrogens is 404 g/mol. The average molecular weight is 433 g/mol. The fourth-order valence-electron chi connectivity index (χ4n) is 4.19. The van der Waals surface area contributed by atoms with Gasteiger partial charge in [-0.05, 0) is 48.9 Å². The zero-order valence-corrected chi connectivity index (χ0v) is 18.6. The highest BCUT2D eigenvalue weighted by molar-refractivity contribution is 7.10. The van der Waals surface area contributed by atoms with Crippen molar-refractivity contribution in [1.82, 2.24) is 5.32 Å². The number of thiophene rings is 1. The Morgan fingerprint density at radius 1 is 1.00 bits per heavy atom. The fraction of sp³-hybridized carbons (Fsp3) is 0.308. The summed E-state index contributed by atoms with van der Waals surface area (Å²) in [4.78, 5) is 29.9. The fourth-order valence-corrected chi connectivity index (χ4v) is 4.89. The van der Waals surface area contributed by atoms with Crippen molar-refractivity contribution in [3.05, 3.63) is 88.1 Å². The van der Waals surface area contributed by atoms with Crippen LogP contribution in [0.5, 0.6) is 0 Å². The number of para-hydroxylation sites is 1. The molecule has 3 aromatic rings. The lowest BCUT2D eigenvalue weighted by Crippen LogP contribution is -2.46. The molecule has 0 spiro atoms. The minimum Gasteiger partial charge on any atom is -0.351 e. The first-order valence-electron chi connectivity index (χ1n) is 10.9. The molecule has 0 unspecified atom stereocenters. The van der Waals surface area contributed by atoms with Crippen LogP contribution in [0.4, 0.5) is 5.69 Å². The van der Waals surface area contributed by atoms with Crippen LogP contribution in [0.1, 0.15) is 47.7 Å². The van der Waals surface area contributed by atoms with E-state index in [0.717, 1.165) is 47.4 Å². The van der Waals surface area contributed by atoms with Gasteiger partial charge in [-0.2, -0.15) is 0 Å². The van der Waals surface area contributed by atoms with Crippen molar-refractivity contribution >= 4 is 28.8 Å². The number of hydrogen-bond acceptors (Lipinski definition) is 3. The highest BCUT2D eigenvalue weighted by atomic mass is 32.1. The zero-order valence-electron chi connectivity index (χ0n) is 17.8. The molecule has 5 heteroatoms. The predicted octanol–water partition coefficient (Wildman–Crippen LogP) is 5.43. The van der Waals surface area contributed by atoms with Gasteiger partial charge in [0, 0.05) is 16.6 Å². The molecule has 2 aromatic carbocycles. The molecule has 1 saturated carbocycles. The Morgan fingerprint density at radius 2 is 1.71 bits per heavy atom. The monoisotopic (exact) mass is 432 g/mol. The molecular formula is C26H28N2O2S. The van der Waals surface area contributed by atoms with Gasteiger partial charge in [0.2, 0.25) is 11.8 Å². The smallest absolute Gasteiger partial charge is 0.248 e. The first kappa shape index (κ1) is 21.3. The maximum absolute atomic E-state index is 13.6. The summed E-state index contributed by atoms with van der Waals surface area (Å²) in [7, 11) is 0. The molecule has 0 saturated heterocycles. The molecule has 1 atom stereocenters. The summed E-state index contributed by atoms with van der Waals surface area (Å²) >= 11 is 1.56. The van der Waals surface area contributed by atoms with Crippen molar-refractivity contribution in [2.24, 2.45) is 0 Å². The van der Waals surface area contributed by atoms with Crippen LogP contribution in [0.25, 0.3) is 0 Å². The molecule has 1 fully saturated rings. The van der Waals surface area contributed by atoms with E-state index in [1.54, 1.807) is 16.2 Å². The van der Waals surface area contributed by atoms with E-state index in [2.05, 4.69) is 5.32 Å². The van der Waals surface area contributed by atoms with Crippen LogP contribution in [0, 0.1) is 6.92 Å². The number of hydrogen-bond donors (Lipinski definition) is 1. The third-order valence-electron chi connectivity index (χ3n) is 5.81. The molecule has 4 nitrogen and oxygen atoms in total. The second-order valence-corrected chi connectivity index (χ2v) is 9.19. The number of carbonyl (C=O) groups excluding carboxylic acids is 2. The van der Waals surface area contributed by atoms with Gasteiger partial charge in [-0.25, -0.2) is 0 Å². The lowest BCUT2D eigenvalue weighted by atomic mass is 10.0. The van der Waals surface area contributed by atoms with Gasteiger partial charge in [0.1, 0.15) is 6.04 Å². The molecule has 1 heterocycles. The number of aryl methyl sites for hydroxylation is 1. The topological polar surface area (TPSA) is 49.4 Å². The number of anilines is 1. The molecule has 4 rings (SSSR count). The van der Waals surface area contributed by atoms with Gasteiger partial charge < -0.3 is 5.32 Å². The standard InChI is InChI=1S/C26H28N2O2S/c1-19-13-15-20(16-14-19)25(26(30)27-21-8-5-6-9-21)28(22-10-3-2-4-11-22)24(29)18-23-12-7-17-31-23/h2-4,7,10-17,21,25H,5-6,8-9,18H2,1H3,(H,27,30)/t25-/m1/s1. The van der Waals surface area contributed by atoms with Gasteiger partial charge in [0.15, 0.2) is 0 Å². The van der Waals surface area contributed by atoms with E-state index in [-0.39, 0.29) is 24.3 Å². The first-order valence-corrected chi connectivity index (χ1v) is 11.8. The van der Waals surface area contributed by atoms with E-state index in [4.69, 9.17) is 0 Å². The van der Waals surface area contributed by atoms with Crippen molar-refractivity contribution in [3.8, 4) is 0 Å². The van der Waals surface area contributed by atoms with Gasteiger partial charge in [-0.3, -0.25) is 14.5 Å². The summed E-state index contributed by atoms with van der Waals surface area (Å²) in [6.45, 7) is 2.02. The normalized spacial score (nSPS) is 14.9. The van der Waals surface area contributed by atoms with Crippen LogP contribution in [0.15, 0.2) is 72.1 Å². The van der Waals surface area contributed by atoms with Crippen LogP contribution in [0.2, 0.25) is 0 Å². The van der Waals surface area contributed by atoms with Gasteiger partial charge in [0.05, 0.1) is 6.42 Å². The minimum absolute atomic E-state index is 0.0826. The van der Waals surface area contributed by atoms with Crippen LogP contribution < -0.4 is 10.2 Å². The second kappa shape index (κ2) is 9.92. The van der Waals surface area contributed by atoms with Crippen molar-refractivity contribution < 1.29 is 9.59 Å². The van der Waals surface area contributed by atoms with Gasteiger partial charge in [-0.15, -0.1) is 11.3 Å². The van der Waals surface area contributed by atoms with Crippen LogP contribution >= 0.6 is 11.3 Å². The van der Waals surface area contributed by atoms with Crippen molar-refractivity contribution in [2.75, 3.05) is 4.90 Å². The van der Waals surface area contributed by atoms with Crippen LogP contribution in [-0.2, 0) is 16.0 Å². The third-order valence-corrected chi connectivity index (χ3v) is 6.69. The van der Waals surface area contributed by atoms with Crippen molar-refractivity contribution in [1.29, 1.82) is 0 Å². The van der Waals surface area contributed by atoms with Crippen LogP contribution in [0.3, 0.4) is 0 Å². The molecule has 160 valence electrons. The summed E-state index contributed by atoms with van der Waals surface area (Å²) in [6.07, 6.45) is 4.55. The quantitative estimate of drug-likeness (QED) is 0.541. The predicted molar refractivity (Wildman–Crippen MR) is 126 cm³/mol. The molecule has 31 heavy (non-hydrogen) atoms. The second-order valence-electron chi connectivity index (χ2n) is 8.16. The molecule has 1 aliphatic carbocycles. The Kier molecular flexibility index (Phi) is 6.82. The summed E-state index contributed by atoms with van der Waals surface area (Å²) in [5.41, 5.74) is 2.68. The SMILES string of the molecule is Cc1ccc([C@H](C(=O)NC2CCCC2)N(C(=O)Cc2cccs2)c2ccccc2)cc1. The first-order chi connectivity index (χ1) is 15.1. The summed E-state index contributed by atoms with van der Waals surface area (Å²) in [5.74, 6) is -0.195. The van der Waals surface area contributed by atoms with E-state index < -0.39 is 6.04 Å². The van der Waals surface area contributed by atoms with E-state index in [1.165, 1.54) is 0 Å². The molecule has 1 aliphatic rings. The number of carbonyl (C=O) groups is 2. The summed E-state index contributed by atoms with van der Waals surface area (Å²) < 4.78 is 0. The number of rotatable bonds is 7. The summed E-state index contributed by atoms with van der Waals surface area (Å²) in [5, 5.41) is 5.20. The third kappa shape index (κ3) is 5.23.